The van der Waals surface area contributed by atoms with E-state index in [1.54, 1.807) is 26.1 Å². The fourth-order valence-electron chi connectivity index (χ4n) is 1.94. The van der Waals surface area contributed by atoms with Crippen molar-refractivity contribution in [2.75, 3.05) is 12.9 Å². The largest absolute Gasteiger partial charge is 0.609 e. The zero-order valence-corrected chi connectivity index (χ0v) is 14.2. The van der Waals surface area contributed by atoms with Crippen LogP contribution >= 0.6 is 0 Å². The Morgan fingerprint density at radius 1 is 1.50 bits per heavy atom. The fraction of sp³-hybridized carbons (Fsp3) is 0.333. The molecule has 1 heterocycles. The molecule has 2 rings (SSSR count). The zero-order valence-electron chi connectivity index (χ0n) is 13.4. The number of allylic oxidation sites excluding steroid dienone is 1. The molecule has 130 valence electrons. The lowest BCUT2D eigenvalue weighted by molar-refractivity contribution is -0.0497. The average Bonchev–Trinajstić information content (AvgIpc) is 2.96. The summed E-state index contributed by atoms with van der Waals surface area (Å²) in [6, 6.07) is 4.29. The van der Waals surface area contributed by atoms with Crippen LogP contribution in [0.1, 0.15) is 13.8 Å². The van der Waals surface area contributed by atoms with E-state index in [0.717, 1.165) is 0 Å². The Balaban J connectivity index is 2.24. The quantitative estimate of drug-likeness (QED) is 0.468. The third-order valence-electron chi connectivity index (χ3n) is 3.14. The minimum absolute atomic E-state index is 0.00673. The number of nitrogens with zero attached hydrogens (tertiary/aromatic N) is 2. The highest BCUT2D eigenvalue weighted by molar-refractivity contribution is 7.91. The lowest BCUT2D eigenvalue weighted by Gasteiger charge is -2.09. The van der Waals surface area contributed by atoms with E-state index in [2.05, 4.69) is 19.7 Å². The van der Waals surface area contributed by atoms with Crippen LogP contribution in [0.15, 0.2) is 39.8 Å². The van der Waals surface area contributed by atoms with Crippen molar-refractivity contribution in [3.8, 4) is 5.75 Å². The van der Waals surface area contributed by atoms with Gasteiger partial charge < -0.3 is 14.0 Å². The molecular weight excluding hydrogens is 340 g/mol. The summed E-state index contributed by atoms with van der Waals surface area (Å²) in [6.45, 7) is 0.565. The molecule has 24 heavy (non-hydrogen) atoms. The Labute approximate surface area is 140 Å². The molecule has 0 aliphatic carbocycles. The topological polar surface area (TPSA) is 82.6 Å². The summed E-state index contributed by atoms with van der Waals surface area (Å²) in [6.07, 6.45) is 1.58. The number of hydrogen-bond donors (Lipinski definition) is 1. The van der Waals surface area contributed by atoms with Crippen LogP contribution in [0.2, 0.25) is 0 Å². The summed E-state index contributed by atoms with van der Waals surface area (Å²) < 4.78 is 46.4. The van der Waals surface area contributed by atoms with Gasteiger partial charge in [-0.2, -0.15) is 13.8 Å². The van der Waals surface area contributed by atoms with Gasteiger partial charge in [0.1, 0.15) is 17.2 Å². The number of rotatable bonds is 7. The first-order valence-electron chi connectivity index (χ1n) is 7.00. The molecule has 9 heteroatoms. The normalized spacial score (nSPS) is 14.3. The lowest BCUT2D eigenvalue weighted by Crippen LogP contribution is -2.11. The Morgan fingerprint density at radius 2 is 2.25 bits per heavy atom. The lowest BCUT2D eigenvalue weighted by atomic mass is 10.3. The van der Waals surface area contributed by atoms with Crippen LogP contribution < -0.4 is 4.74 Å². The maximum absolute atomic E-state index is 12.5. The Kier molecular flexibility index (Phi) is 6.16. The molecule has 1 N–H and O–H groups in total. The summed E-state index contributed by atoms with van der Waals surface area (Å²) in [4.78, 5) is 11.2. The Hall–Kier alpha value is -2.13. The van der Waals surface area contributed by atoms with Crippen molar-refractivity contribution >= 4 is 28.4 Å². The van der Waals surface area contributed by atoms with Crippen LogP contribution in [0, 0.1) is 0 Å². The summed E-state index contributed by atoms with van der Waals surface area (Å²) in [5.74, 6) is 0.669. The van der Waals surface area contributed by atoms with Gasteiger partial charge in [0.25, 0.3) is 0 Å². The number of hydrogen-bond acceptors (Lipinski definition) is 5. The number of aromatic nitrogens is 2. The van der Waals surface area contributed by atoms with Gasteiger partial charge in [-0.1, -0.05) is 0 Å². The highest BCUT2D eigenvalue weighted by Crippen LogP contribution is 2.23. The van der Waals surface area contributed by atoms with Crippen LogP contribution in [0.5, 0.6) is 5.75 Å². The predicted molar refractivity (Wildman–Crippen MR) is 87.9 cm³/mol. The third kappa shape index (κ3) is 4.45. The van der Waals surface area contributed by atoms with Gasteiger partial charge in [-0.3, -0.25) is 9.98 Å². The molecule has 0 aliphatic heterocycles. The first-order chi connectivity index (χ1) is 11.4. The molecule has 1 aromatic carbocycles. The van der Waals surface area contributed by atoms with E-state index in [1.807, 2.05) is 0 Å². The van der Waals surface area contributed by atoms with E-state index in [0.29, 0.717) is 22.5 Å². The van der Waals surface area contributed by atoms with Gasteiger partial charge in [0.2, 0.25) is 0 Å². The minimum atomic E-state index is -2.91. The van der Waals surface area contributed by atoms with Crippen molar-refractivity contribution in [1.29, 1.82) is 0 Å². The number of nitrogens with one attached hydrogen (secondary N) is 1. The highest BCUT2D eigenvalue weighted by Gasteiger charge is 2.20. The molecule has 6 nitrogen and oxygen atoms in total. The zero-order chi connectivity index (χ0) is 17.7. The molecular formula is C15H17F2N3O3S. The molecule has 0 bridgehead atoms. The molecule has 1 unspecified atom stereocenters. The van der Waals surface area contributed by atoms with Crippen LogP contribution in [0.4, 0.5) is 8.78 Å². The maximum Gasteiger partial charge on any atom is 0.387 e. The van der Waals surface area contributed by atoms with Gasteiger partial charge >= 0.3 is 11.8 Å². The SMILES string of the molecule is C/C=N\C(C[S+]([O-])c1nc2cc(OC(F)F)ccc2[nH]1)=C(/C)OC. The van der Waals surface area contributed by atoms with Crippen LogP contribution in [-0.4, -0.2) is 40.2 Å². The second-order valence-corrected chi connectivity index (χ2v) is 6.05. The molecule has 0 saturated carbocycles. The number of imidazole rings is 1. The van der Waals surface area contributed by atoms with Gasteiger partial charge in [-0.25, -0.2) is 0 Å². The molecule has 0 amide bonds. The number of H-pyrrole nitrogens is 1. The van der Waals surface area contributed by atoms with Crippen molar-refractivity contribution in [1.82, 2.24) is 9.97 Å². The second-order valence-electron chi connectivity index (χ2n) is 4.68. The molecule has 0 fully saturated rings. The van der Waals surface area contributed by atoms with Crippen molar-refractivity contribution < 1.29 is 22.8 Å². The summed E-state index contributed by atoms with van der Waals surface area (Å²) in [7, 11) is 1.51. The third-order valence-corrected chi connectivity index (χ3v) is 4.30. The first-order valence-corrected chi connectivity index (χ1v) is 8.31. The van der Waals surface area contributed by atoms with Crippen molar-refractivity contribution in [3.05, 3.63) is 29.7 Å². The van der Waals surface area contributed by atoms with Gasteiger partial charge in [0.05, 0.1) is 18.1 Å². The van der Waals surface area contributed by atoms with E-state index in [4.69, 9.17) is 4.74 Å². The molecule has 0 saturated heterocycles. The molecule has 1 atom stereocenters. The van der Waals surface area contributed by atoms with Crippen molar-refractivity contribution in [2.45, 2.75) is 25.6 Å². The molecule has 0 aliphatic rings. The number of aliphatic imine (C=N–C) groups is 1. The number of fused-ring (bicyclic) bond motifs is 1. The van der Waals surface area contributed by atoms with Crippen LogP contribution in [0.3, 0.4) is 0 Å². The number of methoxy groups -OCH3 is 1. The maximum atomic E-state index is 12.5. The molecule has 0 radical (unpaired) electrons. The molecule has 2 aromatic rings. The molecule has 0 spiro atoms. The Morgan fingerprint density at radius 3 is 2.88 bits per heavy atom. The smallest absolute Gasteiger partial charge is 0.387 e. The average molecular weight is 357 g/mol. The second kappa shape index (κ2) is 8.11. The van der Waals surface area contributed by atoms with Crippen LogP contribution in [0.25, 0.3) is 11.0 Å². The van der Waals surface area contributed by atoms with Crippen LogP contribution in [-0.2, 0) is 15.9 Å². The predicted octanol–water partition coefficient (Wildman–Crippen LogP) is 3.24. The number of benzene rings is 1. The van der Waals surface area contributed by atoms with E-state index in [-0.39, 0.29) is 16.7 Å². The summed E-state index contributed by atoms with van der Waals surface area (Å²) >= 11 is -1.49. The number of aromatic amines is 1. The first kappa shape index (κ1) is 18.2. The van der Waals surface area contributed by atoms with Crippen molar-refractivity contribution in [2.24, 2.45) is 4.99 Å². The summed E-state index contributed by atoms with van der Waals surface area (Å²) in [5.41, 5.74) is 1.51. The molecule has 1 aromatic heterocycles. The minimum Gasteiger partial charge on any atom is -0.609 e. The number of ether oxygens (including phenoxy) is 2. The van der Waals surface area contributed by atoms with E-state index >= 15 is 0 Å². The number of alkyl halides is 2. The van der Waals surface area contributed by atoms with Gasteiger partial charge in [-0.05, 0) is 26.0 Å². The van der Waals surface area contributed by atoms with Gasteiger partial charge in [0, 0.05) is 23.5 Å². The van der Waals surface area contributed by atoms with Gasteiger partial charge in [-0.15, -0.1) is 0 Å². The fourth-order valence-corrected chi connectivity index (χ4v) is 3.03. The highest BCUT2D eigenvalue weighted by atomic mass is 32.2. The Bertz CT molecular complexity index is 762. The summed E-state index contributed by atoms with van der Waals surface area (Å²) in [5, 5.41) is 0.229. The standard InChI is InChI=1S/C15H17F2N3O3S/c1-4-18-13(9(2)22-3)8-24(21)15-19-11-6-5-10(23-14(16)17)7-12(11)20-15/h4-7,14H,8H2,1-3H3,(H,19,20)/b13-9+,18-4-. The van der Waals surface area contributed by atoms with Crippen molar-refractivity contribution in [3.63, 3.8) is 0 Å². The van der Waals surface area contributed by atoms with Gasteiger partial charge in [0.15, 0.2) is 5.75 Å². The van der Waals surface area contributed by atoms with E-state index in [1.165, 1.54) is 19.2 Å². The monoisotopic (exact) mass is 357 g/mol. The van der Waals surface area contributed by atoms with E-state index in [9.17, 15) is 13.3 Å². The van der Waals surface area contributed by atoms with E-state index < -0.39 is 17.8 Å². The number of halogens is 2.